The molecule has 24 heavy (non-hydrogen) atoms. The third-order valence-corrected chi connectivity index (χ3v) is 3.47. The number of carbonyl (C=O) groups is 1. The van der Waals surface area contributed by atoms with Crippen molar-refractivity contribution in [1.29, 1.82) is 0 Å². The van der Waals surface area contributed by atoms with E-state index in [1.54, 1.807) is 42.5 Å². The molecule has 126 valence electrons. The number of phenolic OH excluding ortho intramolecular Hbond substituents is 1. The summed E-state index contributed by atoms with van der Waals surface area (Å²) in [6.07, 6.45) is 0.636. The van der Waals surface area contributed by atoms with Gasteiger partial charge < -0.3 is 14.6 Å². The Morgan fingerprint density at radius 2 is 1.67 bits per heavy atom. The lowest BCUT2D eigenvalue weighted by Crippen LogP contribution is -2.20. The molecule has 0 unspecified atom stereocenters. The first-order chi connectivity index (χ1) is 11.6. The van der Waals surface area contributed by atoms with Crippen molar-refractivity contribution in [1.82, 2.24) is 5.43 Å². The van der Waals surface area contributed by atoms with Crippen LogP contribution in [0.2, 0.25) is 0 Å². The summed E-state index contributed by atoms with van der Waals surface area (Å²) in [6.45, 7) is 1.94. The molecule has 0 saturated heterocycles. The van der Waals surface area contributed by atoms with Gasteiger partial charge in [-0.25, -0.2) is 5.43 Å². The maximum atomic E-state index is 12.3. The summed E-state index contributed by atoms with van der Waals surface area (Å²) in [5, 5.41) is 13.5. The van der Waals surface area contributed by atoms with Crippen LogP contribution < -0.4 is 14.9 Å². The van der Waals surface area contributed by atoms with E-state index in [2.05, 4.69) is 10.5 Å². The molecule has 0 spiro atoms. The molecule has 0 radical (unpaired) electrons. The fourth-order valence-electron chi connectivity index (χ4n) is 2.16. The van der Waals surface area contributed by atoms with E-state index in [9.17, 15) is 9.90 Å². The Labute approximate surface area is 140 Å². The van der Waals surface area contributed by atoms with Crippen molar-refractivity contribution in [2.45, 2.75) is 13.3 Å². The van der Waals surface area contributed by atoms with Crippen LogP contribution in [-0.4, -0.2) is 30.9 Å². The summed E-state index contributed by atoms with van der Waals surface area (Å²) in [6, 6.07) is 11.6. The largest absolute Gasteiger partial charge is 0.508 e. The standard InChI is InChI=1S/C18H20N2O4/c1-4-15(12-5-8-14(21)9-6-12)19-20-18(22)13-7-10-16(23-2)17(11-13)24-3/h5-11,21H,4H2,1-3H3,(H,20,22)/b19-15+. The number of aromatic hydroxyl groups is 1. The summed E-state index contributed by atoms with van der Waals surface area (Å²) >= 11 is 0. The minimum absolute atomic E-state index is 0.184. The summed E-state index contributed by atoms with van der Waals surface area (Å²) in [4.78, 5) is 12.3. The van der Waals surface area contributed by atoms with Gasteiger partial charge in [-0.05, 0) is 54.4 Å². The van der Waals surface area contributed by atoms with E-state index < -0.39 is 0 Å². The molecule has 0 aliphatic carbocycles. The first-order valence-corrected chi connectivity index (χ1v) is 7.47. The van der Waals surface area contributed by atoms with Gasteiger partial charge in [0.05, 0.1) is 19.9 Å². The second kappa shape index (κ2) is 8.01. The smallest absolute Gasteiger partial charge is 0.271 e. The molecule has 0 aliphatic heterocycles. The molecule has 6 heteroatoms. The predicted octanol–water partition coefficient (Wildman–Crippen LogP) is 2.95. The molecule has 0 atom stereocenters. The molecule has 2 N–H and O–H groups in total. The van der Waals surface area contributed by atoms with Crippen LogP contribution >= 0.6 is 0 Å². The topological polar surface area (TPSA) is 80.2 Å². The van der Waals surface area contributed by atoms with E-state index in [0.717, 1.165) is 5.56 Å². The van der Waals surface area contributed by atoms with Gasteiger partial charge in [0.15, 0.2) is 11.5 Å². The summed E-state index contributed by atoms with van der Waals surface area (Å²) < 4.78 is 10.3. The number of phenols is 1. The fourth-order valence-corrected chi connectivity index (χ4v) is 2.16. The highest BCUT2D eigenvalue weighted by Gasteiger charge is 2.11. The molecular weight excluding hydrogens is 308 g/mol. The molecule has 1 amide bonds. The van der Waals surface area contributed by atoms with Crippen molar-refractivity contribution in [3.8, 4) is 17.2 Å². The number of hydrazone groups is 1. The quantitative estimate of drug-likeness (QED) is 0.631. The molecule has 0 fully saturated rings. The number of rotatable bonds is 6. The van der Waals surface area contributed by atoms with Gasteiger partial charge in [0.1, 0.15) is 5.75 Å². The second-order valence-electron chi connectivity index (χ2n) is 4.97. The van der Waals surface area contributed by atoms with Crippen LogP contribution in [0.1, 0.15) is 29.3 Å². The Balaban J connectivity index is 2.17. The summed E-state index contributed by atoms with van der Waals surface area (Å²) in [5.74, 6) is 0.864. The number of hydrogen-bond acceptors (Lipinski definition) is 5. The van der Waals surface area contributed by atoms with Crippen molar-refractivity contribution in [2.75, 3.05) is 14.2 Å². The third-order valence-electron chi connectivity index (χ3n) is 3.47. The predicted molar refractivity (Wildman–Crippen MR) is 91.9 cm³/mol. The second-order valence-corrected chi connectivity index (χ2v) is 4.97. The minimum Gasteiger partial charge on any atom is -0.508 e. The molecule has 0 saturated carbocycles. The lowest BCUT2D eigenvalue weighted by Gasteiger charge is -2.09. The Morgan fingerprint density at radius 1 is 1.04 bits per heavy atom. The van der Waals surface area contributed by atoms with Crippen LogP contribution in [0.3, 0.4) is 0 Å². The van der Waals surface area contributed by atoms with E-state index in [4.69, 9.17) is 9.47 Å². The van der Waals surface area contributed by atoms with Crippen LogP contribution in [-0.2, 0) is 0 Å². The highest BCUT2D eigenvalue weighted by molar-refractivity contribution is 6.02. The molecule has 2 rings (SSSR count). The summed E-state index contributed by atoms with van der Waals surface area (Å²) in [7, 11) is 3.05. The van der Waals surface area contributed by atoms with Gasteiger partial charge >= 0.3 is 0 Å². The number of amides is 1. The van der Waals surface area contributed by atoms with Crippen molar-refractivity contribution in [3.63, 3.8) is 0 Å². The molecule has 6 nitrogen and oxygen atoms in total. The molecule has 2 aromatic carbocycles. The van der Waals surface area contributed by atoms with Crippen molar-refractivity contribution < 1.29 is 19.4 Å². The fraction of sp³-hybridized carbons (Fsp3) is 0.222. The number of carbonyl (C=O) groups excluding carboxylic acids is 1. The lowest BCUT2D eigenvalue weighted by atomic mass is 10.1. The van der Waals surface area contributed by atoms with E-state index >= 15 is 0 Å². The van der Waals surface area contributed by atoms with Gasteiger partial charge in [0.25, 0.3) is 5.91 Å². The van der Waals surface area contributed by atoms with Crippen LogP contribution in [0.25, 0.3) is 0 Å². The number of nitrogens with one attached hydrogen (secondary N) is 1. The molecule has 0 aromatic heterocycles. The molecular formula is C18H20N2O4. The average molecular weight is 328 g/mol. The minimum atomic E-state index is -0.347. The van der Waals surface area contributed by atoms with Gasteiger partial charge in [0.2, 0.25) is 0 Å². The maximum absolute atomic E-state index is 12.3. The summed E-state index contributed by atoms with van der Waals surface area (Å²) in [5.41, 5.74) is 4.50. The van der Waals surface area contributed by atoms with Crippen LogP contribution in [0.4, 0.5) is 0 Å². The maximum Gasteiger partial charge on any atom is 0.271 e. The van der Waals surface area contributed by atoms with Crippen molar-refractivity contribution in [2.24, 2.45) is 5.10 Å². The Bertz CT molecular complexity index is 739. The highest BCUT2D eigenvalue weighted by Crippen LogP contribution is 2.27. The zero-order valence-electron chi connectivity index (χ0n) is 13.9. The first kappa shape index (κ1) is 17.3. The van der Waals surface area contributed by atoms with Crippen LogP contribution in [0, 0.1) is 0 Å². The monoisotopic (exact) mass is 328 g/mol. The lowest BCUT2D eigenvalue weighted by molar-refractivity contribution is 0.0954. The van der Waals surface area contributed by atoms with Crippen molar-refractivity contribution >= 4 is 11.6 Å². The number of ether oxygens (including phenoxy) is 2. The third kappa shape index (κ3) is 4.04. The molecule has 2 aromatic rings. The van der Waals surface area contributed by atoms with E-state index in [1.165, 1.54) is 14.2 Å². The van der Waals surface area contributed by atoms with Gasteiger partial charge in [-0.3, -0.25) is 4.79 Å². The SMILES string of the molecule is CC/C(=N\NC(=O)c1ccc(OC)c(OC)c1)c1ccc(O)cc1. The number of benzene rings is 2. The molecule has 0 bridgehead atoms. The molecule has 0 aliphatic rings. The van der Waals surface area contributed by atoms with E-state index in [1.807, 2.05) is 6.92 Å². The number of nitrogens with zero attached hydrogens (tertiary/aromatic N) is 1. The highest BCUT2D eigenvalue weighted by atomic mass is 16.5. The number of hydrogen-bond donors (Lipinski definition) is 2. The van der Waals surface area contributed by atoms with Gasteiger partial charge in [-0.1, -0.05) is 6.92 Å². The zero-order chi connectivity index (χ0) is 17.5. The molecule has 0 heterocycles. The Morgan fingerprint density at radius 3 is 2.25 bits per heavy atom. The Kier molecular flexibility index (Phi) is 5.78. The van der Waals surface area contributed by atoms with Crippen LogP contribution in [0.15, 0.2) is 47.6 Å². The van der Waals surface area contributed by atoms with Gasteiger partial charge in [-0.2, -0.15) is 5.10 Å². The normalized spacial score (nSPS) is 11.0. The number of methoxy groups -OCH3 is 2. The van der Waals surface area contributed by atoms with Crippen LogP contribution in [0.5, 0.6) is 17.2 Å². The van der Waals surface area contributed by atoms with Gasteiger partial charge in [0, 0.05) is 5.56 Å². The van der Waals surface area contributed by atoms with Gasteiger partial charge in [-0.15, -0.1) is 0 Å². The Hall–Kier alpha value is -3.02. The van der Waals surface area contributed by atoms with E-state index in [-0.39, 0.29) is 11.7 Å². The zero-order valence-corrected chi connectivity index (χ0v) is 13.9. The average Bonchev–Trinajstić information content (AvgIpc) is 2.62. The first-order valence-electron chi connectivity index (χ1n) is 7.47. The van der Waals surface area contributed by atoms with Crippen molar-refractivity contribution in [3.05, 3.63) is 53.6 Å². The van der Waals surface area contributed by atoms with E-state index in [0.29, 0.717) is 29.2 Å².